The molecule has 0 saturated carbocycles. The molecule has 0 bridgehead atoms. The lowest BCUT2D eigenvalue weighted by Crippen LogP contribution is -2.11. The molecule has 0 aromatic heterocycles. The highest BCUT2D eigenvalue weighted by molar-refractivity contribution is 5.84. The summed E-state index contributed by atoms with van der Waals surface area (Å²) >= 11 is 0. The van der Waals surface area contributed by atoms with E-state index in [1.54, 1.807) is 7.11 Å². The highest BCUT2D eigenvalue weighted by atomic mass is 16.5. The van der Waals surface area contributed by atoms with E-state index in [1.165, 1.54) is 83.7 Å². The third-order valence-corrected chi connectivity index (χ3v) is 14.5. The van der Waals surface area contributed by atoms with Gasteiger partial charge in [0.2, 0.25) is 0 Å². The molecule has 77 heavy (non-hydrogen) atoms. The smallest absolute Gasteiger partial charge is 0.118 e. The van der Waals surface area contributed by atoms with Crippen LogP contribution in [0.25, 0.3) is 57.7 Å². The van der Waals surface area contributed by atoms with E-state index in [0.717, 1.165) is 65.3 Å². The molecular formula is C74H68N2O. The van der Waals surface area contributed by atoms with Crippen LogP contribution in [0.2, 0.25) is 0 Å². The molecule has 0 spiro atoms. The maximum atomic E-state index is 5.34. The Balaban J connectivity index is 0.848. The number of nitrogens with zero attached hydrogens (tertiary/aromatic N) is 2. The topological polar surface area (TPSA) is 15.7 Å². The SMILES string of the molecule is CCCc1ccc(N(c2ccc(/C=C/c3ccc(C)cc3)cc2)c2ccc(-c3ccc(-c4ccc(-c5ccc(N(c6ccc(/C=C/c7ccc(OC)cc7)cc6)c6ccc(CCC)cc6C)cc5)cc4)cc3)cc2)c(C)c1. The van der Waals surface area contributed by atoms with Gasteiger partial charge in [0, 0.05) is 34.1 Å². The van der Waals surface area contributed by atoms with Crippen LogP contribution < -0.4 is 14.5 Å². The van der Waals surface area contributed by atoms with Crippen LogP contribution >= 0.6 is 0 Å². The summed E-state index contributed by atoms with van der Waals surface area (Å²) in [5, 5.41) is 0. The second-order valence-corrected chi connectivity index (χ2v) is 20.2. The quantitative estimate of drug-likeness (QED) is 0.0797. The predicted molar refractivity (Wildman–Crippen MR) is 332 cm³/mol. The molecule has 0 atom stereocenters. The van der Waals surface area contributed by atoms with E-state index < -0.39 is 0 Å². The van der Waals surface area contributed by atoms with Crippen molar-refractivity contribution in [3.05, 3.63) is 281 Å². The summed E-state index contributed by atoms with van der Waals surface area (Å²) in [5.74, 6) is 0.858. The van der Waals surface area contributed by atoms with Gasteiger partial charge in [-0.25, -0.2) is 0 Å². The van der Waals surface area contributed by atoms with Crippen LogP contribution in [0.15, 0.2) is 231 Å². The Morgan fingerprint density at radius 1 is 0.325 bits per heavy atom. The Morgan fingerprint density at radius 3 is 0.883 bits per heavy atom. The van der Waals surface area contributed by atoms with Crippen LogP contribution in [0.5, 0.6) is 5.75 Å². The first-order valence-electron chi connectivity index (χ1n) is 27.2. The van der Waals surface area contributed by atoms with Crippen LogP contribution in [0.1, 0.15) is 76.8 Å². The van der Waals surface area contributed by atoms with Crippen LogP contribution in [-0.4, -0.2) is 7.11 Å². The highest BCUT2D eigenvalue weighted by Gasteiger charge is 2.18. The Labute approximate surface area is 457 Å². The average Bonchev–Trinajstić information content (AvgIpc) is 3.47. The van der Waals surface area contributed by atoms with Gasteiger partial charge in [0.15, 0.2) is 0 Å². The summed E-state index contributed by atoms with van der Waals surface area (Å²) in [5.41, 5.74) is 25.1. The lowest BCUT2D eigenvalue weighted by molar-refractivity contribution is 0.415. The number of hydrogen-bond acceptors (Lipinski definition) is 3. The van der Waals surface area contributed by atoms with Gasteiger partial charge in [0.25, 0.3) is 0 Å². The predicted octanol–water partition coefficient (Wildman–Crippen LogP) is 20.8. The van der Waals surface area contributed by atoms with Crippen molar-refractivity contribution in [2.45, 2.75) is 60.3 Å². The zero-order valence-electron chi connectivity index (χ0n) is 45.4. The monoisotopic (exact) mass is 1000 g/mol. The molecule has 10 aromatic rings. The third kappa shape index (κ3) is 12.4. The van der Waals surface area contributed by atoms with Crippen molar-refractivity contribution in [3.63, 3.8) is 0 Å². The Morgan fingerprint density at radius 2 is 0.597 bits per heavy atom. The first-order valence-corrected chi connectivity index (χ1v) is 27.2. The van der Waals surface area contributed by atoms with Gasteiger partial charge < -0.3 is 14.5 Å². The molecule has 0 aliphatic heterocycles. The van der Waals surface area contributed by atoms with Crippen molar-refractivity contribution < 1.29 is 4.74 Å². The highest BCUT2D eigenvalue weighted by Crippen LogP contribution is 2.40. The fourth-order valence-corrected chi connectivity index (χ4v) is 10.2. The molecule has 380 valence electrons. The number of aryl methyl sites for hydroxylation is 5. The van der Waals surface area contributed by atoms with Crippen molar-refractivity contribution in [2.24, 2.45) is 0 Å². The summed E-state index contributed by atoms with van der Waals surface area (Å²) in [7, 11) is 1.69. The Hall–Kier alpha value is -8.92. The standard InChI is InChI=1S/C74H68N2O/c1-7-9-60-25-49-73(54(4)51-60)75(68-39-19-57(20-40-68)16-15-56-13-11-53(3)12-14-56)70-43-35-66(36-44-70)64-31-27-62(28-32-64)63-29-33-65(34-30-63)67-37-45-71(46-38-67)76(74-50-26-61(10-8-2)52-55(74)5)69-41-21-58(22-42-69)17-18-59-23-47-72(77-6)48-24-59/h11-52H,7-10H2,1-6H3/b16-15+,18-17+. The van der Waals surface area contributed by atoms with Gasteiger partial charge in [0.05, 0.1) is 7.11 Å². The summed E-state index contributed by atoms with van der Waals surface area (Å²) in [4.78, 5) is 4.76. The molecule has 10 aromatic carbocycles. The summed E-state index contributed by atoms with van der Waals surface area (Å²) in [6.45, 7) is 11.1. The molecule has 0 radical (unpaired) electrons. The molecule has 0 fully saturated rings. The van der Waals surface area contributed by atoms with E-state index in [9.17, 15) is 0 Å². The van der Waals surface area contributed by atoms with Crippen molar-refractivity contribution in [1.29, 1.82) is 0 Å². The van der Waals surface area contributed by atoms with Gasteiger partial charge in [-0.05, 0) is 184 Å². The second-order valence-electron chi connectivity index (χ2n) is 20.2. The molecule has 3 heteroatoms. The van der Waals surface area contributed by atoms with Gasteiger partial charge in [-0.1, -0.05) is 214 Å². The zero-order chi connectivity index (χ0) is 53.1. The number of ether oxygens (including phenoxy) is 1. The molecule has 10 rings (SSSR count). The van der Waals surface area contributed by atoms with Crippen LogP contribution in [-0.2, 0) is 12.8 Å². The number of methoxy groups -OCH3 is 1. The Bertz CT molecular complexity index is 3590. The Kier molecular flexibility index (Phi) is 16.2. The molecule has 0 saturated heterocycles. The second kappa shape index (κ2) is 24.2. The lowest BCUT2D eigenvalue weighted by Gasteiger charge is -2.28. The number of benzene rings is 10. The number of anilines is 6. The molecule has 0 heterocycles. The largest absolute Gasteiger partial charge is 0.497 e. The zero-order valence-corrected chi connectivity index (χ0v) is 45.4. The fraction of sp³-hybridized carbons (Fsp3) is 0.135. The van der Waals surface area contributed by atoms with Crippen molar-refractivity contribution in [3.8, 4) is 39.1 Å². The fourth-order valence-electron chi connectivity index (χ4n) is 10.2. The molecule has 0 unspecified atom stereocenters. The summed E-state index contributed by atoms with van der Waals surface area (Å²) in [6.07, 6.45) is 13.1. The maximum Gasteiger partial charge on any atom is 0.118 e. The lowest BCUT2D eigenvalue weighted by atomic mass is 9.97. The van der Waals surface area contributed by atoms with Crippen LogP contribution in [0.3, 0.4) is 0 Å². The van der Waals surface area contributed by atoms with Crippen molar-refractivity contribution in [1.82, 2.24) is 0 Å². The molecular weight excluding hydrogens is 933 g/mol. The van der Waals surface area contributed by atoms with E-state index in [0.29, 0.717) is 0 Å². The molecule has 0 amide bonds. The molecule has 0 aliphatic carbocycles. The molecule has 0 aliphatic rings. The molecule has 0 N–H and O–H groups in total. The van der Waals surface area contributed by atoms with Crippen molar-refractivity contribution in [2.75, 3.05) is 16.9 Å². The van der Waals surface area contributed by atoms with Gasteiger partial charge in [-0.15, -0.1) is 0 Å². The van der Waals surface area contributed by atoms with E-state index in [2.05, 4.69) is 287 Å². The van der Waals surface area contributed by atoms with Gasteiger partial charge in [-0.3, -0.25) is 0 Å². The van der Waals surface area contributed by atoms with Crippen LogP contribution in [0, 0.1) is 20.8 Å². The molecule has 3 nitrogen and oxygen atoms in total. The normalized spacial score (nSPS) is 11.4. The average molecular weight is 1000 g/mol. The first kappa shape index (κ1) is 51.6. The minimum absolute atomic E-state index is 0.858. The van der Waals surface area contributed by atoms with Gasteiger partial charge in [-0.2, -0.15) is 0 Å². The number of rotatable bonds is 18. The van der Waals surface area contributed by atoms with Crippen molar-refractivity contribution >= 4 is 58.4 Å². The third-order valence-electron chi connectivity index (χ3n) is 14.5. The minimum atomic E-state index is 0.858. The van der Waals surface area contributed by atoms with E-state index in [4.69, 9.17) is 4.74 Å². The van der Waals surface area contributed by atoms with E-state index in [-0.39, 0.29) is 0 Å². The summed E-state index contributed by atoms with van der Waals surface area (Å²) in [6, 6.07) is 84.2. The first-order chi connectivity index (χ1) is 37.7. The van der Waals surface area contributed by atoms with Gasteiger partial charge in [0.1, 0.15) is 5.75 Å². The summed E-state index contributed by atoms with van der Waals surface area (Å²) < 4.78 is 5.34. The maximum absolute atomic E-state index is 5.34. The van der Waals surface area contributed by atoms with Gasteiger partial charge >= 0.3 is 0 Å². The minimum Gasteiger partial charge on any atom is -0.497 e. The van der Waals surface area contributed by atoms with E-state index in [1.807, 2.05) is 12.1 Å². The van der Waals surface area contributed by atoms with Crippen LogP contribution in [0.4, 0.5) is 34.1 Å². The number of hydrogen-bond donors (Lipinski definition) is 0. The van der Waals surface area contributed by atoms with E-state index >= 15 is 0 Å².